The van der Waals surface area contributed by atoms with Gasteiger partial charge in [0.25, 0.3) is 5.17 Å². The molecule has 0 amide bonds. The maximum absolute atomic E-state index is 12.6. The number of aromatic nitrogens is 3. The van der Waals surface area contributed by atoms with Crippen LogP contribution in [0.1, 0.15) is 21.7 Å². The Balaban J connectivity index is 0.00000240. The monoisotopic (exact) mass is 473 g/mol. The number of methoxy groups -OCH3 is 1. The molecule has 0 fully saturated rings. The number of ether oxygens (including phenoxy) is 1. The normalized spacial score (nSPS) is 10.8. The van der Waals surface area contributed by atoms with Crippen LogP contribution in [0, 0.1) is 0 Å². The molecule has 0 aliphatic carbocycles. The van der Waals surface area contributed by atoms with Crippen LogP contribution in [0.5, 0.6) is 0 Å². The molecule has 2 heterocycles. The summed E-state index contributed by atoms with van der Waals surface area (Å²) >= 11 is 1.24. The molecule has 0 aliphatic heterocycles. The number of para-hydroxylation sites is 2. The van der Waals surface area contributed by atoms with Crippen molar-refractivity contribution in [1.29, 1.82) is 0 Å². The van der Waals surface area contributed by atoms with E-state index in [0.29, 0.717) is 29.5 Å². The van der Waals surface area contributed by atoms with Gasteiger partial charge in [-0.25, -0.2) is 9.78 Å². The summed E-state index contributed by atoms with van der Waals surface area (Å²) in [7, 11) is 1.37. The summed E-state index contributed by atoms with van der Waals surface area (Å²) in [4.78, 5) is 17.4. The Bertz CT molecular complexity index is 1190. The molecule has 0 bridgehead atoms. The van der Waals surface area contributed by atoms with E-state index in [2.05, 4.69) is 16.7 Å². The smallest absolute Gasteiger partial charge is 0.357 e. The molecular weight excluding hydrogens is 454 g/mol. The second-order valence-corrected chi connectivity index (χ2v) is 7.33. The van der Waals surface area contributed by atoms with Gasteiger partial charge in [0.2, 0.25) is 5.78 Å². The first-order chi connectivity index (χ1) is 13.6. The van der Waals surface area contributed by atoms with E-state index in [-0.39, 0.29) is 22.1 Å². The van der Waals surface area contributed by atoms with Crippen molar-refractivity contribution in [3.63, 3.8) is 0 Å². The Morgan fingerprint density at radius 1 is 1.14 bits per heavy atom. The largest absolute Gasteiger partial charge is 1.00 e. The van der Waals surface area contributed by atoms with Crippen LogP contribution >= 0.6 is 11.8 Å². The van der Waals surface area contributed by atoms with E-state index < -0.39 is 5.97 Å². The van der Waals surface area contributed by atoms with Gasteiger partial charge in [0.1, 0.15) is 0 Å². The van der Waals surface area contributed by atoms with E-state index in [9.17, 15) is 4.79 Å². The number of benzene rings is 2. The Morgan fingerprint density at radius 2 is 1.79 bits per heavy atom. The van der Waals surface area contributed by atoms with Gasteiger partial charge in [-0.3, -0.25) is 15.5 Å². The number of imidazole rings is 2. The number of thioether (sulfide) groups is 1. The lowest BCUT2D eigenvalue weighted by molar-refractivity contribution is -0.110. The minimum atomic E-state index is -0.443. The van der Waals surface area contributed by atoms with Gasteiger partial charge < -0.3 is 26.3 Å². The maximum Gasteiger partial charge on any atom is 0.357 e. The molecule has 0 unspecified atom stereocenters. The number of halogens is 1. The fourth-order valence-corrected chi connectivity index (χ4v) is 3.84. The van der Waals surface area contributed by atoms with Gasteiger partial charge in [-0.2, -0.15) is 0 Å². The van der Waals surface area contributed by atoms with E-state index in [1.807, 2.05) is 46.9 Å². The predicted octanol–water partition coefficient (Wildman–Crippen LogP) is -1.57. The zero-order valence-corrected chi connectivity index (χ0v) is 18.1. The summed E-state index contributed by atoms with van der Waals surface area (Å²) in [5.74, 6) is 0.617. The average molecular weight is 474 g/mol. The summed E-state index contributed by atoms with van der Waals surface area (Å²) in [5.41, 5.74) is 9.60. The van der Waals surface area contributed by atoms with Crippen molar-refractivity contribution in [2.75, 3.05) is 7.11 Å². The standard InChI is InChI=1S/C20H19N5O2S.BrH/c1-27-18(26)17-14(12-28-19(21)22)23-20-24(11-13-7-3-2-4-8-13)15-9-5-6-10-16(15)25(17)20;/h2-10H,11-12H2,1H3,(H3,21,22);1H. The van der Waals surface area contributed by atoms with E-state index in [0.717, 1.165) is 16.6 Å². The third-order valence-corrected chi connectivity index (χ3v) is 5.28. The highest BCUT2D eigenvalue weighted by Gasteiger charge is 2.25. The number of amidine groups is 1. The van der Waals surface area contributed by atoms with Gasteiger partial charge in [0, 0.05) is 0 Å². The van der Waals surface area contributed by atoms with Crippen LogP contribution in [0.3, 0.4) is 0 Å². The molecule has 0 spiro atoms. The molecule has 9 heteroatoms. The summed E-state index contributed by atoms with van der Waals surface area (Å²) in [6.07, 6.45) is 0. The molecule has 0 saturated heterocycles. The van der Waals surface area contributed by atoms with Crippen molar-refractivity contribution in [2.24, 2.45) is 5.73 Å². The third-order valence-electron chi connectivity index (χ3n) is 4.52. The summed E-state index contributed by atoms with van der Waals surface area (Å²) in [6, 6.07) is 18.0. The first kappa shape index (κ1) is 20.9. The minimum Gasteiger partial charge on any atom is -1.00 e. The van der Waals surface area contributed by atoms with Crippen LogP contribution in [0.2, 0.25) is 0 Å². The van der Waals surface area contributed by atoms with Gasteiger partial charge in [0.15, 0.2) is 5.69 Å². The zero-order chi connectivity index (χ0) is 19.7. The van der Waals surface area contributed by atoms with Crippen LogP contribution in [0.25, 0.3) is 16.8 Å². The fraction of sp³-hybridized carbons (Fsp3) is 0.150. The molecular formula is C20H20BrN5O2S. The van der Waals surface area contributed by atoms with Crippen molar-refractivity contribution >= 4 is 39.7 Å². The number of fused-ring (bicyclic) bond motifs is 3. The summed E-state index contributed by atoms with van der Waals surface area (Å²) in [5, 5.41) is 5.82. The predicted molar refractivity (Wildman–Crippen MR) is 110 cm³/mol. The van der Waals surface area contributed by atoms with Gasteiger partial charge in [-0.1, -0.05) is 42.5 Å². The minimum absolute atomic E-state index is 0. The van der Waals surface area contributed by atoms with Crippen molar-refractivity contribution in [3.8, 4) is 0 Å². The second-order valence-electron chi connectivity index (χ2n) is 6.29. The third kappa shape index (κ3) is 3.88. The average Bonchev–Trinajstić information content (AvgIpc) is 3.22. The molecule has 4 aromatic rings. The quantitative estimate of drug-likeness (QED) is 0.207. The fourth-order valence-electron chi connectivity index (χ4n) is 3.33. The number of rotatable bonds is 5. The number of carbonyl (C=O) groups is 1. The Hall–Kier alpha value is -2.78. The molecule has 4 rings (SSSR count). The van der Waals surface area contributed by atoms with Crippen LogP contribution in [0.4, 0.5) is 0 Å². The first-order valence-corrected chi connectivity index (χ1v) is 9.70. The Kier molecular flexibility index (Phi) is 6.29. The molecule has 4 N–H and O–H groups in total. The summed E-state index contributed by atoms with van der Waals surface area (Å²) in [6.45, 7) is 0.632. The van der Waals surface area contributed by atoms with E-state index in [4.69, 9.17) is 20.9 Å². The lowest BCUT2D eigenvalue weighted by Crippen LogP contribution is -3.00. The number of carbonyl (C=O) groups excluding carboxylic acids is 1. The van der Waals surface area contributed by atoms with Gasteiger partial charge in [-0.05, 0) is 29.5 Å². The molecule has 2 aromatic carbocycles. The molecule has 7 nitrogen and oxygen atoms in total. The topological polar surface area (TPSA) is 100 Å². The molecule has 0 atom stereocenters. The van der Waals surface area contributed by atoms with E-state index in [1.54, 1.807) is 0 Å². The molecule has 0 radical (unpaired) electrons. The molecule has 29 heavy (non-hydrogen) atoms. The number of nitrogens with two attached hydrogens (primary N) is 2. The molecule has 0 saturated carbocycles. The molecule has 2 aromatic heterocycles. The van der Waals surface area contributed by atoms with Crippen LogP contribution in [-0.4, -0.2) is 32.2 Å². The first-order valence-electron chi connectivity index (χ1n) is 8.71. The number of esters is 1. The number of nitrogens with zero attached hydrogens (tertiary/aromatic N) is 3. The lowest BCUT2D eigenvalue weighted by atomic mass is 10.2. The van der Waals surface area contributed by atoms with Crippen molar-refractivity contribution in [1.82, 2.24) is 14.0 Å². The maximum atomic E-state index is 12.6. The van der Waals surface area contributed by atoms with E-state index >= 15 is 0 Å². The SMILES string of the molecule is COC(=O)c1c(CSC(N)=[NH2+])nc2n(Cc3ccccc3)c3ccccc3n12.[Br-]. The van der Waals surface area contributed by atoms with Gasteiger partial charge in [0.05, 0.1) is 36.1 Å². The molecule has 150 valence electrons. The highest BCUT2D eigenvalue weighted by molar-refractivity contribution is 8.12. The Morgan fingerprint density at radius 3 is 2.45 bits per heavy atom. The summed E-state index contributed by atoms with van der Waals surface area (Å²) < 4.78 is 8.99. The molecule has 0 aliphatic rings. The second kappa shape index (κ2) is 8.71. The zero-order valence-electron chi connectivity index (χ0n) is 15.7. The Labute approximate surface area is 182 Å². The van der Waals surface area contributed by atoms with Crippen molar-refractivity contribution < 1.29 is 31.9 Å². The number of hydrogen-bond donors (Lipinski definition) is 2. The number of hydrogen-bond acceptors (Lipinski definition) is 4. The van der Waals surface area contributed by atoms with Crippen molar-refractivity contribution in [3.05, 3.63) is 71.5 Å². The van der Waals surface area contributed by atoms with Crippen LogP contribution < -0.4 is 28.1 Å². The van der Waals surface area contributed by atoms with E-state index in [1.165, 1.54) is 18.9 Å². The lowest BCUT2D eigenvalue weighted by Gasteiger charge is -2.05. The van der Waals surface area contributed by atoms with Gasteiger partial charge >= 0.3 is 5.97 Å². The van der Waals surface area contributed by atoms with Crippen molar-refractivity contribution in [2.45, 2.75) is 12.3 Å². The van der Waals surface area contributed by atoms with Gasteiger partial charge in [-0.15, -0.1) is 0 Å². The van der Waals surface area contributed by atoms with Crippen LogP contribution in [0.15, 0.2) is 54.6 Å². The highest BCUT2D eigenvalue weighted by Crippen LogP contribution is 2.27. The van der Waals surface area contributed by atoms with Crippen LogP contribution in [-0.2, 0) is 17.0 Å². The highest BCUT2D eigenvalue weighted by atomic mass is 79.9.